The highest BCUT2D eigenvalue weighted by atomic mass is 28.3. The molecule has 0 atom stereocenters. The molecule has 5 aromatic carbocycles. The van der Waals surface area contributed by atoms with E-state index in [0.29, 0.717) is 0 Å². The maximum atomic E-state index is 6.58. The molecule has 30 heavy (non-hydrogen) atoms. The van der Waals surface area contributed by atoms with Gasteiger partial charge >= 0.3 is 0 Å². The molecule has 0 saturated heterocycles. The minimum atomic E-state index is -1.52. The Morgan fingerprint density at radius 1 is 0.700 bits per heavy atom. The Labute approximate surface area is 178 Å². The van der Waals surface area contributed by atoms with Gasteiger partial charge in [0.2, 0.25) is 0 Å². The van der Waals surface area contributed by atoms with E-state index in [1.165, 1.54) is 43.4 Å². The van der Waals surface area contributed by atoms with Gasteiger partial charge in [0.05, 0.1) is 8.07 Å². The van der Waals surface area contributed by atoms with Crippen molar-refractivity contribution in [3.8, 4) is 11.5 Å². The molecule has 0 aliphatic carbocycles. The topological polar surface area (TPSA) is 9.23 Å². The standard InChI is InChI=1S/C28H26OSi/c1-28(2)21-11-6-7-12-23(21)29-27-20-14-13-17-9-8-10-19-24(30(3,4)5)16-18(15-22(27)28)26(20)25(17)19/h6-16H,1-5H3. The fourth-order valence-corrected chi connectivity index (χ4v) is 7.00. The third-order valence-electron chi connectivity index (χ3n) is 6.97. The summed E-state index contributed by atoms with van der Waals surface area (Å²) in [5.74, 6) is 2.01. The van der Waals surface area contributed by atoms with E-state index in [4.69, 9.17) is 4.74 Å². The summed E-state index contributed by atoms with van der Waals surface area (Å²) in [5.41, 5.74) is 2.44. The lowest BCUT2D eigenvalue weighted by Crippen LogP contribution is -2.38. The largest absolute Gasteiger partial charge is 0.456 e. The van der Waals surface area contributed by atoms with Crippen molar-refractivity contribution >= 4 is 45.6 Å². The number of rotatable bonds is 1. The first-order valence-electron chi connectivity index (χ1n) is 10.8. The van der Waals surface area contributed by atoms with Crippen molar-refractivity contribution in [1.82, 2.24) is 0 Å². The number of ether oxygens (including phenoxy) is 1. The molecule has 0 radical (unpaired) electrons. The van der Waals surface area contributed by atoms with Gasteiger partial charge in [0.1, 0.15) is 11.5 Å². The van der Waals surface area contributed by atoms with Crippen molar-refractivity contribution < 1.29 is 4.74 Å². The second-order valence-corrected chi connectivity index (χ2v) is 15.3. The Bertz CT molecular complexity index is 1470. The fraction of sp³-hybridized carbons (Fsp3) is 0.214. The minimum absolute atomic E-state index is 0.103. The lowest BCUT2D eigenvalue weighted by Gasteiger charge is -2.36. The second-order valence-electron chi connectivity index (χ2n) is 10.3. The zero-order valence-electron chi connectivity index (χ0n) is 18.3. The SMILES string of the molecule is CC1(C)c2ccccc2Oc2c1cc1cc([Si](C)(C)C)c3cccc4ccc2c1c43. The summed E-state index contributed by atoms with van der Waals surface area (Å²) >= 11 is 0. The quantitative estimate of drug-likeness (QED) is 0.206. The van der Waals surface area contributed by atoms with Gasteiger partial charge in [-0.3, -0.25) is 0 Å². The first-order valence-corrected chi connectivity index (χ1v) is 14.3. The summed E-state index contributed by atoms with van der Waals surface area (Å²) in [6, 6.07) is 24.7. The minimum Gasteiger partial charge on any atom is -0.456 e. The van der Waals surface area contributed by atoms with Crippen molar-refractivity contribution in [2.24, 2.45) is 0 Å². The lowest BCUT2D eigenvalue weighted by atomic mass is 9.74. The molecule has 1 aliphatic heterocycles. The highest BCUT2D eigenvalue weighted by molar-refractivity contribution is 6.90. The Kier molecular flexibility index (Phi) is 3.38. The molecule has 0 aromatic heterocycles. The summed E-state index contributed by atoms with van der Waals surface area (Å²) in [5, 5.41) is 9.60. The van der Waals surface area contributed by atoms with Gasteiger partial charge in [-0.2, -0.15) is 0 Å². The third-order valence-corrected chi connectivity index (χ3v) is 9.00. The van der Waals surface area contributed by atoms with Gasteiger partial charge < -0.3 is 4.74 Å². The van der Waals surface area contributed by atoms with E-state index in [1.807, 2.05) is 0 Å². The molecule has 148 valence electrons. The van der Waals surface area contributed by atoms with E-state index in [2.05, 4.69) is 100 Å². The normalized spacial score (nSPS) is 15.4. The molecule has 2 heteroatoms. The van der Waals surface area contributed by atoms with Crippen LogP contribution in [0.5, 0.6) is 11.5 Å². The first-order chi connectivity index (χ1) is 14.3. The Morgan fingerprint density at radius 3 is 2.27 bits per heavy atom. The van der Waals surface area contributed by atoms with Crippen LogP contribution in [0.15, 0.2) is 66.7 Å². The average Bonchev–Trinajstić information content (AvgIpc) is 2.71. The van der Waals surface area contributed by atoms with E-state index in [-0.39, 0.29) is 5.41 Å². The molecule has 0 spiro atoms. The van der Waals surface area contributed by atoms with Crippen LogP contribution in [0.2, 0.25) is 19.6 Å². The van der Waals surface area contributed by atoms with Gasteiger partial charge in [0.25, 0.3) is 0 Å². The molecule has 1 heterocycles. The monoisotopic (exact) mass is 406 g/mol. The molecule has 0 saturated carbocycles. The summed E-state index contributed by atoms with van der Waals surface area (Å²) in [6.07, 6.45) is 0. The van der Waals surface area contributed by atoms with Gasteiger partial charge in [-0.1, -0.05) is 87.2 Å². The van der Waals surface area contributed by atoms with Crippen LogP contribution in [0.1, 0.15) is 25.0 Å². The molecule has 0 amide bonds. The molecular formula is C28H26OSi. The molecule has 0 unspecified atom stereocenters. The molecule has 0 fully saturated rings. The van der Waals surface area contributed by atoms with E-state index < -0.39 is 8.07 Å². The van der Waals surface area contributed by atoms with Gasteiger partial charge in [0, 0.05) is 27.3 Å². The Balaban J connectivity index is 1.82. The summed E-state index contributed by atoms with van der Waals surface area (Å²) in [6.45, 7) is 12.0. The van der Waals surface area contributed by atoms with E-state index in [0.717, 1.165) is 11.5 Å². The van der Waals surface area contributed by atoms with Crippen LogP contribution in [0.3, 0.4) is 0 Å². The van der Waals surface area contributed by atoms with Crippen LogP contribution in [0.4, 0.5) is 0 Å². The van der Waals surface area contributed by atoms with Crippen LogP contribution in [-0.2, 0) is 5.41 Å². The van der Waals surface area contributed by atoms with Crippen molar-refractivity contribution in [3.63, 3.8) is 0 Å². The molecule has 6 rings (SSSR count). The highest BCUT2D eigenvalue weighted by Crippen LogP contribution is 2.52. The summed E-state index contributed by atoms with van der Waals surface area (Å²) in [7, 11) is -1.52. The Hall–Kier alpha value is -2.84. The summed E-state index contributed by atoms with van der Waals surface area (Å²) < 4.78 is 6.58. The number of fused-ring (bicyclic) bond motifs is 3. The van der Waals surface area contributed by atoms with Crippen LogP contribution < -0.4 is 9.92 Å². The first kappa shape index (κ1) is 18.0. The van der Waals surface area contributed by atoms with Crippen LogP contribution >= 0.6 is 0 Å². The number of hydrogen-bond acceptors (Lipinski definition) is 1. The van der Waals surface area contributed by atoms with Crippen LogP contribution in [0, 0.1) is 0 Å². The molecule has 5 aromatic rings. The van der Waals surface area contributed by atoms with Crippen molar-refractivity contribution in [2.45, 2.75) is 38.9 Å². The van der Waals surface area contributed by atoms with Gasteiger partial charge in [0.15, 0.2) is 0 Å². The molecular weight excluding hydrogens is 380 g/mol. The van der Waals surface area contributed by atoms with Crippen LogP contribution in [0.25, 0.3) is 32.3 Å². The predicted molar refractivity (Wildman–Crippen MR) is 132 cm³/mol. The van der Waals surface area contributed by atoms with Crippen LogP contribution in [-0.4, -0.2) is 8.07 Å². The van der Waals surface area contributed by atoms with Crippen molar-refractivity contribution in [2.75, 3.05) is 0 Å². The van der Waals surface area contributed by atoms with Gasteiger partial charge in [-0.15, -0.1) is 0 Å². The van der Waals surface area contributed by atoms with Crippen molar-refractivity contribution in [3.05, 3.63) is 77.9 Å². The Morgan fingerprint density at radius 2 is 1.47 bits per heavy atom. The maximum absolute atomic E-state index is 6.58. The smallest absolute Gasteiger partial charge is 0.139 e. The maximum Gasteiger partial charge on any atom is 0.139 e. The lowest BCUT2D eigenvalue weighted by molar-refractivity contribution is 0.423. The highest BCUT2D eigenvalue weighted by Gasteiger charge is 2.36. The molecule has 0 bridgehead atoms. The van der Waals surface area contributed by atoms with Gasteiger partial charge in [-0.25, -0.2) is 0 Å². The zero-order chi connectivity index (χ0) is 20.8. The number of hydrogen-bond donors (Lipinski definition) is 0. The fourth-order valence-electron chi connectivity index (χ4n) is 5.40. The zero-order valence-corrected chi connectivity index (χ0v) is 19.3. The summed E-state index contributed by atoms with van der Waals surface area (Å²) in [4.78, 5) is 0. The van der Waals surface area contributed by atoms with E-state index in [1.54, 1.807) is 5.19 Å². The molecule has 1 aliphatic rings. The predicted octanol–water partition coefficient (Wildman–Crippen LogP) is 7.56. The molecule has 0 N–H and O–H groups in total. The second kappa shape index (κ2) is 5.64. The van der Waals surface area contributed by atoms with E-state index >= 15 is 0 Å². The number of benzene rings is 5. The third kappa shape index (κ3) is 2.23. The average molecular weight is 407 g/mol. The van der Waals surface area contributed by atoms with E-state index in [9.17, 15) is 0 Å². The van der Waals surface area contributed by atoms with Gasteiger partial charge in [-0.05, 0) is 39.7 Å². The molecule has 1 nitrogen and oxygen atoms in total. The number of para-hydroxylation sites is 1. The van der Waals surface area contributed by atoms with Crippen molar-refractivity contribution in [1.29, 1.82) is 0 Å².